The van der Waals surface area contributed by atoms with Crippen LogP contribution in [0.1, 0.15) is 22.6 Å². The molecular formula is C24H18O. The van der Waals surface area contributed by atoms with E-state index >= 15 is 0 Å². The van der Waals surface area contributed by atoms with E-state index in [-0.39, 0.29) is 5.92 Å². The van der Waals surface area contributed by atoms with Gasteiger partial charge in [-0.1, -0.05) is 90.7 Å². The summed E-state index contributed by atoms with van der Waals surface area (Å²) in [5.74, 6) is 6.20. The van der Waals surface area contributed by atoms with Crippen LogP contribution in [0.2, 0.25) is 0 Å². The lowest BCUT2D eigenvalue weighted by atomic mass is 9.90. The van der Waals surface area contributed by atoms with Crippen molar-refractivity contribution in [3.63, 3.8) is 0 Å². The lowest BCUT2D eigenvalue weighted by Gasteiger charge is -2.11. The van der Waals surface area contributed by atoms with Crippen molar-refractivity contribution in [2.24, 2.45) is 0 Å². The van der Waals surface area contributed by atoms with Crippen LogP contribution in [0.5, 0.6) is 0 Å². The Hall–Kier alpha value is -3.37. The second-order valence-electron chi connectivity index (χ2n) is 5.65. The van der Waals surface area contributed by atoms with Gasteiger partial charge >= 0.3 is 0 Å². The van der Waals surface area contributed by atoms with Gasteiger partial charge in [0.1, 0.15) is 6.29 Å². The minimum atomic E-state index is -0.265. The summed E-state index contributed by atoms with van der Waals surface area (Å²) in [6.45, 7) is 0. The highest BCUT2D eigenvalue weighted by molar-refractivity contribution is 5.85. The normalized spacial score (nSPS) is 11.9. The van der Waals surface area contributed by atoms with Gasteiger partial charge in [0.25, 0.3) is 0 Å². The zero-order valence-corrected chi connectivity index (χ0v) is 13.8. The molecule has 0 N–H and O–H groups in total. The van der Waals surface area contributed by atoms with Gasteiger partial charge < -0.3 is 0 Å². The number of allylic oxidation sites excluding steroid dienone is 1. The van der Waals surface area contributed by atoms with Crippen LogP contribution in [0.4, 0.5) is 0 Å². The van der Waals surface area contributed by atoms with Crippen molar-refractivity contribution >= 4 is 12.4 Å². The molecule has 3 rings (SSSR count). The van der Waals surface area contributed by atoms with E-state index in [0.29, 0.717) is 5.57 Å². The van der Waals surface area contributed by atoms with Crippen LogP contribution in [-0.2, 0) is 4.79 Å². The van der Waals surface area contributed by atoms with Gasteiger partial charge in [-0.3, -0.25) is 4.79 Å². The fourth-order valence-electron chi connectivity index (χ4n) is 2.61. The number of carbonyl (C=O) groups excluding carboxylic acids is 1. The van der Waals surface area contributed by atoms with E-state index in [1.165, 1.54) is 0 Å². The maximum atomic E-state index is 11.8. The molecule has 0 saturated carbocycles. The van der Waals surface area contributed by atoms with E-state index < -0.39 is 0 Å². The van der Waals surface area contributed by atoms with E-state index in [0.717, 1.165) is 23.0 Å². The van der Waals surface area contributed by atoms with Gasteiger partial charge in [0.2, 0.25) is 0 Å². The van der Waals surface area contributed by atoms with Crippen LogP contribution in [0, 0.1) is 11.8 Å². The molecule has 0 spiro atoms. The summed E-state index contributed by atoms with van der Waals surface area (Å²) >= 11 is 0. The highest BCUT2D eigenvalue weighted by Gasteiger charge is 2.13. The topological polar surface area (TPSA) is 17.1 Å². The Kier molecular flexibility index (Phi) is 5.59. The number of rotatable bonds is 4. The molecule has 0 aliphatic heterocycles. The Morgan fingerprint density at radius 1 is 0.760 bits per heavy atom. The van der Waals surface area contributed by atoms with Crippen molar-refractivity contribution in [2.75, 3.05) is 0 Å². The zero-order valence-electron chi connectivity index (χ0n) is 13.8. The summed E-state index contributed by atoms with van der Waals surface area (Å²) < 4.78 is 0. The van der Waals surface area contributed by atoms with E-state index in [2.05, 4.69) is 11.8 Å². The van der Waals surface area contributed by atoms with Gasteiger partial charge in [0.05, 0.1) is 5.92 Å². The molecule has 0 aromatic heterocycles. The average molecular weight is 322 g/mol. The highest BCUT2D eigenvalue weighted by atomic mass is 16.1. The number of hydrogen-bond donors (Lipinski definition) is 0. The second kappa shape index (κ2) is 8.47. The largest absolute Gasteiger partial charge is 0.298 e. The average Bonchev–Trinajstić information content (AvgIpc) is 2.69. The zero-order chi connectivity index (χ0) is 17.3. The van der Waals surface area contributed by atoms with Crippen LogP contribution < -0.4 is 0 Å². The van der Waals surface area contributed by atoms with Gasteiger partial charge in [-0.15, -0.1) is 0 Å². The van der Waals surface area contributed by atoms with E-state index in [9.17, 15) is 4.79 Å². The summed E-state index contributed by atoms with van der Waals surface area (Å²) in [5, 5.41) is 0. The Bertz CT molecular complexity index is 898. The summed E-state index contributed by atoms with van der Waals surface area (Å²) in [5.41, 5.74) is 3.60. The number of aldehydes is 1. The SMILES string of the molecule is O=C/C(=C\c1ccccc1)C(C#Cc1ccccc1)c1ccccc1. The first kappa shape index (κ1) is 16.5. The lowest BCUT2D eigenvalue weighted by molar-refractivity contribution is -0.105. The Morgan fingerprint density at radius 2 is 1.32 bits per heavy atom. The molecule has 0 bridgehead atoms. The highest BCUT2D eigenvalue weighted by Crippen LogP contribution is 2.24. The summed E-state index contributed by atoms with van der Waals surface area (Å²) in [7, 11) is 0. The van der Waals surface area contributed by atoms with Crippen molar-refractivity contribution in [3.8, 4) is 11.8 Å². The maximum absolute atomic E-state index is 11.8. The molecule has 0 saturated heterocycles. The molecule has 0 amide bonds. The summed E-state index contributed by atoms with van der Waals surface area (Å²) in [6, 6.07) is 29.6. The minimum Gasteiger partial charge on any atom is -0.298 e. The van der Waals surface area contributed by atoms with Crippen LogP contribution in [-0.4, -0.2) is 6.29 Å². The quantitative estimate of drug-likeness (QED) is 0.371. The molecule has 1 nitrogen and oxygen atoms in total. The predicted molar refractivity (Wildman–Crippen MR) is 103 cm³/mol. The predicted octanol–water partition coefficient (Wildman–Crippen LogP) is 5.10. The first-order valence-corrected chi connectivity index (χ1v) is 8.20. The molecule has 3 aromatic rings. The lowest BCUT2D eigenvalue weighted by Crippen LogP contribution is -2.02. The molecule has 1 atom stereocenters. The van der Waals surface area contributed by atoms with E-state index in [4.69, 9.17) is 0 Å². The maximum Gasteiger partial charge on any atom is 0.147 e. The Labute approximate surface area is 148 Å². The molecule has 0 aliphatic carbocycles. The standard InChI is InChI=1S/C24H18O/c25-19-23(18-21-12-6-2-7-13-21)24(22-14-8-3-9-15-22)17-16-20-10-4-1-5-11-20/h1-15,18-19,24H/b23-18+. The van der Waals surface area contributed by atoms with Crippen molar-refractivity contribution in [3.05, 3.63) is 113 Å². The number of carbonyl (C=O) groups is 1. The smallest absolute Gasteiger partial charge is 0.147 e. The van der Waals surface area contributed by atoms with Crippen LogP contribution in [0.15, 0.2) is 96.6 Å². The first-order valence-electron chi connectivity index (χ1n) is 8.20. The molecule has 1 unspecified atom stereocenters. The van der Waals surface area contributed by atoms with Crippen molar-refractivity contribution in [1.29, 1.82) is 0 Å². The molecule has 120 valence electrons. The van der Waals surface area contributed by atoms with Gasteiger partial charge in [-0.2, -0.15) is 0 Å². The van der Waals surface area contributed by atoms with Gasteiger partial charge in [0, 0.05) is 11.1 Å². The number of benzene rings is 3. The molecular weight excluding hydrogens is 304 g/mol. The Morgan fingerprint density at radius 3 is 1.92 bits per heavy atom. The molecule has 0 fully saturated rings. The van der Waals surface area contributed by atoms with Gasteiger partial charge in [-0.05, 0) is 29.3 Å². The second-order valence-corrected chi connectivity index (χ2v) is 5.65. The summed E-state index contributed by atoms with van der Waals surface area (Å²) in [6.07, 6.45) is 2.81. The number of hydrogen-bond acceptors (Lipinski definition) is 1. The molecule has 0 aliphatic rings. The van der Waals surface area contributed by atoms with Gasteiger partial charge in [-0.25, -0.2) is 0 Å². The minimum absolute atomic E-state index is 0.265. The monoisotopic (exact) mass is 322 g/mol. The molecule has 0 heterocycles. The molecule has 25 heavy (non-hydrogen) atoms. The third kappa shape index (κ3) is 4.56. The molecule has 1 heteroatoms. The van der Waals surface area contributed by atoms with Crippen LogP contribution in [0.25, 0.3) is 6.08 Å². The van der Waals surface area contributed by atoms with E-state index in [1.54, 1.807) is 0 Å². The van der Waals surface area contributed by atoms with Crippen LogP contribution in [0.3, 0.4) is 0 Å². The van der Waals surface area contributed by atoms with Crippen LogP contribution >= 0.6 is 0 Å². The Balaban J connectivity index is 2.03. The van der Waals surface area contributed by atoms with Gasteiger partial charge in [0.15, 0.2) is 0 Å². The molecule has 0 radical (unpaired) electrons. The first-order chi connectivity index (χ1) is 12.4. The fraction of sp³-hybridized carbons (Fsp3) is 0.0417. The summed E-state index contributed by atoms with van der Waals surface area (Å²) in [4.78, 5) is 11.8. The van der Waals surface area contributed by atoms with Crippen molar-refractivity contribution < 1.29 is 4.79 Å². The third-order valence-corrected chi connectivity index (χ3v) is 3.87. The van der Waals surface area contributed by atoms with Crippen molar-refractivity contribution in [2.45, 2.75) is 5.92 Å². The van der Waals surface area contributed by atoms with Crippen molar-refractivity contribution in [1.82, 2.24) is 0 Å². The molecule has 3 aromatic carbocycles. The van der Waals surface area contributed by atoms with E-state index in [1.807, 2.05) is 97.1 Å². The third-order valence-electron chi connectivity index (χ3n) is 3.87. The fourth-order valence-corrected chi connectivity index (χ4v) is 2.61.